The lowest BCUT2D eigenvalue weighted by molar-refractivity contribution is 0.669. The third-order valence-corrected chi connectivity index (χ3v) is 12.0. The quantitative estimate of drug-likeness (QED) is 0.182. The molecule has 256 valence electrons. The van der Waals surface area contributed by atoms with Gasteiger partial charge in [-0.2, -0.15) is 0 Å². The van der Waals surface area contributed by atoms with E-state index in [4.69, 9.17) is 19.4 Å². The molecule has 12 aromatic rings. The summed E-state index contributed by atoms with van der Waals surface area (Å²) in [7, 11) is 0. The van der Waals surface area contributed by atoms with Gasteiger partial charge in [-0.05, 0) is 71.4 Å². The lowest BCUT2D eigenvalue weighted by Gasteiger charge is -2.15. The van der Waals surface area contributed by atoms with E-state index in [1.807, 2.05) is 30.3 Å². The minimum atomic E-state index is 0.572. The Hall–Kier alpha value is -7.15. The number of benzene rings is 8. The SMILES string of the molecule is c1ccc(-c2nc(-c3ccc4sc5ccccc5c4c3)nc(-c3cc4oc5ccccc5c4cc3-n3c4ccccc4c4cc5ccccc5cc43)n2)cc1. The summed E-state index contributed by atoms with van der Waals surface area (Å²) in [5.74, 6) is 1.80. The molecule has 55 heavy (non-hydrogen) atoms. The van der Waals surface area contributed by atoms with Gasteiger partial charge in [-0.1, -0.05) is 109 Å². The maximum atomic E-state index is 6.55. The van der Waals surface area contributed by atoms with Crippen molar-refractivity contribution in [3.63, 3.8) is 0 Å². The van der Waals surface area contributed by atoms with Crippen LogP contribution in [-0.4, -0.2) is 19.5 Å². The average Bonchev–Trinajstić information content (AvgIpc) is 3.91. The predicted molar refractivity (Wildman–Crippen MR) is 228 cm³/mol. The molecule has 12 rings (SSSR count). The monoisotopic (exact) mass is 720 g/mol. The molecule has 5 nitrogen and oxygen atoms in total. The van der Waals surface area contributed by atoms with Gasteiger partial charge >= 0.3 is 0 Å². The summed E-state index contributed by atoms with van der Waals surface area (Å²) in [4.78, 5) is 15.8. The minimum absolute atomic E-state index is 0.572. The van der Waals surface area contributed by atoms with Crippen LogP contribution in [0.2, 0.25) is 0 Å². The zero-order chi connectivity index (χ0) is 36.0. The Kier molecular flexibility index (Phi) is 6.44. The smallest absolute Gasteiger partial charge is 0.166 e. The second-order valence-corrected chi connectivity index (χ2v) is 15.1. The zero-order valence-corrected chi connectivity index (χ0v) is 30.1. The van der Waals surface area contributed by atoms with Crippen molar-refractivity contribution in [3.05, 3.63) is 170 Å². The Morgan fingerprint density at radius 1 is 0.400 bits per heavy atom. The Bertz CT molecular complexity index is 3500. The lowest BCUT2D eigenvalue weighted by atomic mass is 10.0. The van der Waals surface area contributed by atoms with Crippen molar-refractivity contribution in [2.24, 2.45) is 0 Å². The van der Waals surface area contributed by atoms with Crippen LogP contribution in [0.1, 0.15) is 0 Å². The average molecular weight is 721 g/mol. The van der Waals surface area contributed by atoms with Crippen LogP contribution in [-0.2, 0) is 0 Å². The number of aromatic nitrogens is 4. The van der Waals surface area contributed by atoms with E-state index in [1.165, 1.54) is 41.7 Å². The molecule has 0 fully saturated rings. The van der Waals surface area contributed by atoms with E-state index in [-0.39, 0.29) is 0 Å². The van der Waals surface area contributed by atoms with Gasteiger partial charge in [0.15, 0.2) is 17.5 Å². The first kappa shape index (κ1) is 30.3. The van der Waals surface area contributed by atoms with Crippen molar-refractivity contribution >= 4 is 86.0 Å². The number of para-hydroxylation sites is 2. The first-order valence-corrected chi connectivity index (χ1v) is 19.2. The normalized spacial score (nSPS) is 12.0. The molecule has 6 heteroatoms. The number of rotatable bonds is 4. The van der Waals surface area contributed by atoms with Crippen LogP contribution in [0.25, 0.3) is 115 Å². The lowest BCUT2D eigenvalue weighted by Crippen LogP contribution is -2.04. The molecule has 0 bridgehead atoms. The highest BCUT2D eigenvalue weighted by molar-refractivity contribution is 7.25. The van der Waals surface area contributed by atoms with Crippen LogP contribution in [0.4, 0.5) is 0 Å². The van der Waals surface area contributed by atoms with E-state index in [9.17, 15) is 0 Å². The maximum absolute atomic E-state index is 6.55. The second-order valence-electron chi connectivity index (χ2n) is 14.0. The van der Waals surface area contributed by atoms with Crippen LogP contribution in [0.15, 0.2) is 174 Å². The van der Waals surface area contributed by atoms with Crippen LogP contribution >= 0.6 is 11.3 Å². The zero-order valence-electron chi connectivity index (χ0n) is 29.3. The van der Waals surface area contributed by atoms with Crippen molar-refractivity contribution in [1.29, 1.82) is 0 Å². The van der Waals surface area contributed by atoms with Gasteiger partial charge < -0.3 is 8.98 Å². The maximum Gasteiger partial charge on any atom is 0.166 e. The van der Waals surface area contributed by atoms with Gasteiger partial charge in [0.25, 0.3) is 0 Å². The summed E-state index contributed by atoms with van der Waals surface area (Å²) in [5.41, 5.74) is 7.51. The molecular weight excluding hydrogens is 693 g/mol. The highest BCUT2D eigenvalue weighted by atomic mass is 32.1. The van der Waals surface area contributed by atoms with Gasteiger partial charge in [-0.15, -0.1) is 11.3 Å². The fourth-order valence-electron chi connectivity index (χ4n) is 8.25. The summed E-state index contributed by atoms with van der Waals surface area (Å²) >= 11 is 1.80. The molecule has 0 saturated heterocycles. The first-order valence-electron chi connectivity index (χ1n) is 18.3. The van der Waals surface area contributed by atoms with Crippen molar-refractivity contribution in [1.82, 2.24) is 19.5 Å². The molecule has 0 spiro atoms. The van der Waals surface area contributed by atoms with E-state index in [1.54, 1.807) is 11.3 Å². The molecule has 4 heterocycles. The first-order chi connectivity index (χ1) is 27.2. The number of hydrogen-bond acceptors (Lipinski definition) is 5. The molecular formula is C49H28N4OS. The van der Waals surface area contributed by atoms with Gasteiger partial charge in [-0.3, -0.25) is 0 Å². The van der Waals surface area contributed by atoms with Crippen LogP contribution in [0, 0.1) is 0 Å². The molecule has 0 amide bonds. The Balaban J connectivity index is 1.19. The number of thiophene rings is 1. The summed E-state index contributed by atoms with van der Waals surface area (Å²) in [5, 5.41) is 9.29. The van der Waals surface area contributed by atoms with Gasteiger partial charge in [0.05, 0.1) is 16.7 Å². The summed E-state index contributed by atoms with van der Waals surface area (Å²) in [6, 6.07) is 59.7. The molecule has 0 saturated carbocycles. The molecule has 0 unspecified atom stereocenters. The van der Waals surface area contributed by atoms with E-state index >= 15 is 0 Å². The van der Waals surface area contributed by atoms with Crippen molar-refractivity contribution in [2.75, 3.05) is 0 Å². The van der Waals surface area contributed by atoms with Gasteiger partial charge in [0, 0.05) is 58.4 Å². The molecule has 8 aromatic carbocycles. The number of nitrogens with zero attached hydrogens (tertiary/aromatic N) is 4. The molecule has 0 radical (unpaired) electrons. The Morgan fingerprint density at radius 2 is 1.07 bits per heavy atom. The molecule has 0 aliphatic carbocycles. The number of furan rings is 1. The van der Waals surface area contributed by atoms with Crippen molar-refractivity contribution < 1.29 is 4.42 Å². The second kappa shape index (κ2) is 11.7. The van der Waals surface area contributed by atoms with Crippen molar-refractivity contribution in [3.8, 4) is 39.9 Å². The topological polar surface area (TPSA) is 56.7 Å². The molecule has 4 aromatic heterocycles. The summed E-state index contributed by atoms with van der Waals surface area (Å²) in [6.45, 7) is 0. The third-order valence-electron chi connectivity index (χ3n) is 10.8. The van der Waals surface area contributed by atoms with E-state index in [0.29, 0.717) is 17.5 Å². The molecule has 0 atom stereocenters. The van der Waals surface area contributed by atoms with E-state index in [2.05, 4.69) is 144 Å². The van der Waals surface area contributed by atoms with Crippen molar-refractivity contribution in [2.45, 2.75) is 0 Å². The standard InChI is InChI=1S/C49H28N4OS/c1-2-12-29(13-3-1)47-50-48(32-22-23-46-38(25-32)35-18-8-11-21-45(35)55-46)52-49(51-47)39-28-44-37(34-17-7-10-20-43(34)54-44)27-42(39)53-40-19-9-6-16-33(40)36-24-30-14-4-5-15-31(30)26-41(36)53/h1-28H. The predicted octanol–water partition coefficient (Wildman–Crippen LogP) is 13.4. The fraction of sp³-hybridized carbons (Fsp3) is 0. The van der Waals surface area contributed by atoms with E-state index in [0.717, 1.165) is 55.3 Å². The van der Waals surface area contributed by atoms with Crippen LogP contribution in [0.5, 0.6) is 0 Å². The minimum Gasteiger partial charge on any atom is -0.456 e. The molecule has 0 N–H and O–H groups in total. The van der Waals surface area contributed by atoms with Crippen LogP contribution < -0.4 is 0 Å². The van der Waals surface area contributed by atoms with Gasteiger partial charge in [0.2, 0.25) is 0 Å². The Labute approximate surface area is 318 Å². The fourth-order valence-corrected chi connectivity index (χ4v) is 9.33. The number of fused-ring (bicyclic) bond motifs is 10. The van der Waals surface area contributed by atoms with Gasteiger partial charge in [0.1, 0.15) is 11.2 Å². The largest absolute Gasteiger partial charge is 0.456 e. The Morgan fingerprint density at radius 3 is 1.95 bits per heavy atom. The van der Waals surface area contributed by atoms with Gasteiger partial charge in [-0.25, -0.2) is 15.0 Å². The van der Waals surface area contributed by atoms with E-state index < -0.39 is 0 Å². The molecule has 0 aliphatic heterocycles. The number of hydrogen-bond donors (Lipinski definition) is 0. The summed E-state index contributed by atoms with van der Waals surface area (Å²) in [6.07, 6.45) is 0. The highest BCUT2D eigenvalue weighted by Crippen LogP contribution is 2.42. The molecule has 0 aliphatic rings. The highest BCUT2D eigenvalue weighted by Gasteiger charge is 2.23. The summed E-state index contributed by atoms with van der Waals surface area (Å²) < 4.78 is 11.4. The van der Waals surface area contributed by atoms with Crippen LogP contribution in [0.3, 0.4) is 0 Å². The third kappa shape index (κ3) is 4.68.